The molecule has 0 spiro atoms. The van der Waals surface area contributed by atoms with E-state index in [0.29, 0.717) is 6.42 Å². The molecule has 1 aromatic heterocycles. The first-order valence-corrected chi connectivity index (χ1v) is 9.98. The van der Waals surface area contributed by atoms with Crippen molar-refractivity contribution in [1.82, 2.24) is 14.9 Å². The van der Waals surface area contributed by atoms with E-state index in [1.165, 1.54) is 6.07 Å². The van der Waals surface area contributed by atoms with Gasteiger partial charge in [0.25, 0.3) is 5.56 Å². The summed E-state index contributed by atoms with van der Waals surface area (Å²) in [6.07, 6.45) is -3.50. The molecule has 1 N–H and O–H groups in total. The summed E-state index contributed by atoms with van der Waals surface area (Å²) in [5.41, 5.74) is 0.0495. The average molecular weight is 431 g/mol. The molecular formula is C23H24F3N3O2. The van der Waals surface area contributed by atoms with Crippen LogP contribution in [0.2, 0.25) is 0 Å². The third-order valence-electron chi connectivity index (χ3n) is 5.25. The first-order valence-electron chi connectivity index (χ1n) is 9.98. The van der Waals surface area contributed by atoms with E-state index in [0.717, 1.165) is 27.7 Å². The van der Waals surface area contributed by atoms with Gasteiger partial charge in [-0.05, 0) is 62.4 Å². The van der Waals surface area contributed by atoms with Gasteiger partial charge in [-0.3, -0.25) is 14.2 Å². The van der Waals surface area contributed by atoms with Gasteiger partial charge in [-0.25, -0.2) is 4.98 Å². The zero-order chi connectivity index (χ0) is 22.8. The number of hydrogen-bond acceptors (Lipinski definition) is 3. The van der Waals surface area contributed by atoms with E-state index < -0.39 is 29.9 Å². The number of nitrogens with one attached hydrogen (secondary N) is 1. The van der Waals surface area contributed by atoms with Gasteiger partial charge in [-0.2, -0.15) is 13.2 Å². The van der Waals surface area contributed by atoms with Crippen LogP contribution < -0.4 is 10.9 Å². The van der Waals surface area contributed by atoms with Gasteiger partial charge in [-0.15, -0.1) is 0 Å². The van der Waals surface area contributed by atoms with Crippen molar-refractivity contribution in [3.8, 4) is 0 Å². The molecule has 0 radical (unpaired) electrons. The fourth-order valence-corrected chi connectivity index (χ4v) is 3.40. The normalized spacial score (nSPS) is 12.7. The quantitative estimate of drug-likeness (QED) is 0.637. The highest BCUT2D eigenvalue weighted by Gasteiger charge is 2.37. The highest BCUT2D eigenvalue weighted by Crippen LogP contribution is 2.27. The Morgan fingerprint density at radius 3 is 2.42 bits per heavy atom. The first kappa shape index (κ1) is 22.5. The largest absolute Gasteiger partial charge is 0.438 e. The summed E-state index contributed by atoms with van der Waals surface area (Å²) >= 11 is 0. The minimum absolute atomic E-state index is 0.0277. The topological polar surface area (TPSA) is 64.0 Å². The number of nitrogens with zero attached hydrogens (tertiary/aromatic N) is 2. The number of alkyl halides is 3. The first-order chi connectivity index (χ1) is 14.6. The van der Waals surface area contributed by atoms with E-state index in [1.54, 1.807) is 19.9 Å². The number of aryl methyl sites for hydroxylation is 3. The second kappa shape index (κ2) is 8.91. The Kier molecular flexibility index (Phi) is 6.48. The maximum atomic E-state index is 13.4. The average Bonchev–Trinajstić information content (AvgIpc) is 2.70. The Balaban J connectivity index is 1.85. The third-order valence-corrected chi connectivity index (χ3v) is 5.25. The Morgan fingerprint density at radius 2 is 1.77 bits per heavy atom. The van der Waals surface area contributed by atoms with Crippen LogP contribution in [0.25, 0.3) is 11.0 Å². The van der Waals surface area contributed by atoms with Crippen LogP contribution in [0.4, 0.5) is 13.2 Å². The van der Waals surface area contributed by atoms with Crippen molar-refractivity contribution < 1.29 is 18.0 Å². The van der Waals surface area contributed by atoms with Crippen LogP contribution in [-0.2, 0) is 23.9 Å². The van der Waals surface area contributed by atoms with Crippen LogP contribution in [0.15, 0.2) is 47.3 Å². The van der Waals surface area contributed by atoms with Crippen molar-refractivity contribution in [2.75, 3.05) is 0 Å². The summed E-state index contributed by atoms with van der Waals surface area (Å²) in [5, 5.41) is 2.77. The maximum Gasteiger partial charge on any atom is 0.438 e. The molecule has 1 atom stereocenters. The minimum Gasteiger partial charge on any atom is -0.352 e. The molecule has 0 aliphatic carbocycles. The van der Waals surface area contributed by atoms with Gasteiger partial charge in [0, 0.05) is 6.04 Å². The molecule has 2 aromatic carbocycles. The number of hydrogen-bond donors (Lipinski definition) is 1. The number of carbonyl (C=O) groups is 1. The summed E-state index contributed by atoms with van der Waals surface area (Å²) in [5.74, 6) is -0.526. The van der Waals surface area contributed by atoms with E-state index >= 15 is 0 Å². The maximum absolute atomic E-state index is 13.4. The van der Waals surface area contributed by atoms with Crippen molar-refractivity contribution in [2.24, 2.45) is 0 Å². The van der Waals surface area contributed by atoms with Crippen LogP contribution in [0, 0.1) is 13.8 Å². The van der Waals surface area contributed by atoms with Gasteiger partial charge in [0.2, 0.25) is 11.6 Å². The summed E-state index contributed by atoms with van der Waals surface area (Å²) in [6.45, 7) is 4.84. The van der Waals surface area contributed by atoms with Crippen LogP contribution in [0.1, 0.15) is 35.7 Å². The molecule has 1 amide bonds. The van der Waals surface area contributed by atoms with E-state index in [1.807, 2.05) is 37.3 Å². The van der Waals surface area contributed by atoms with E-state index in [9.17, 15) is 22.8 Å². The molecule has 0 aliphatic heterocycles. The second-order valence-electron chi connectivity index (χ2n) is 7.77. The molecular weight excluding hydrogens is 407 g/mol. The molecule has 164 valence electrons. The lowest BCUT2D eigenvalue weighted by Gasteiger charge is -2.17. The minimum atomic E-state index is -4.91. The molecule has 31 heavy (non-hydrogen) atoms. The highest BCUT2D eigenvalue weighted by molar-refractivity contribution is 5.81. The molecule has 0 fully saturated rings. The van der Waals surface area contributed by atoms with Gasteiger partial charge < -0.3 is 5.32 Å². The summed E-state index contributed by atoms with van der Waals surface area (Å²) < 4.78 is 41.0. The molecule has 3 rings (SSSR count). The van der Waals surface area contributed by atoms with Gasteiger partial charge in [0.05, 0.1) is 11.0 Å². The third kappa shape index (κ3) is 5.31. The van der Waals surface area contributed by atoms with Crippen molar-refractivity contribution in [3.63, 3.8) is 0 Å². The standard InChI is InChI=1S/C23H24F3N3O2/c1-14-11-18-19(12-15(14)2)29(22(31)21(28-18)23(24,25)26)13-20(30)27-16(3)9-10-17-7-5-4-6-8-17/h4-8,11-12,16H,9-10,13H2,1-3H3,(H,27,30)/t16-/m1/s1. The Morgan fingerprint density at radius 1 is 1.13 bits per heavy atom. The second-order valence-corrected chi connectivity index (χ2v) is 7.77. The fraction of sp³-hybridized carbons (Fsp3) is 0.348. The summed E-state index contributed by atoms with van der Waals surface area (Å²) in [4.78, 5) is 28.7. The molecule has 0 aliphatic rings. The van der Waals surface area contributed by atoms with Crippen LogP contribution in [0.3, 0.4) is 0 Å². The lowest BCUT2D eigenvalue weighted by molar-refractivity contribution is -0.142. The van der Waals surface area contributed by atoms with E-state index in [-0.39, 0.29) is 17.1 Å². The lowest BCUT2D eigenvalue weighted by atomic mass is 10.1. The molecule has 5 nitrogen and oxygen atoms in total. The molecule has 8 heteroatoms. The number of fused-ring (bicyclic) bond motifs is 1. The van der Waals surface area contributed by atoms with Gasteiger partial charge in [0.15, 0.2) is 0 Å². The number of rotatable bonds is 6. The van der Waals surface area contributed by atoms with Gasteiger partial charge in [-0.1, -0.05) is 30.3 Å². The van der Waals surface area contributed by atoms with Crippen molar-refractivity contribution >= 4 is 16.9 Å². The molecule has 3 aromatic rings. The number of amides is 1. The van der Waals surface area contributed by atoms with Crippen LogP contribution >= 0.6 is 0 Å². The number of benzene rings is 2. The highest BCUT2D eigenvalue weighted by atomic mass is 19.4. The predicted molar refractivity (Wildman–Crippen MR) is 113 cm³/mol. The summed E-state index contributed by atoms with van der Waals surface area (Å²) in [7, 11) is 0. The number of aromatic nitrogens is 2. The molecule has 1 heterocycles. The van der Waals surface area contributed by atoms with Gasteiger partial charge >= 0.3 is 6.18 Å². The predicted octanol–water partition coefficient (Wildman–Crippen LogP) is 4.17. The Labute approximate surface area is 177 Å². The van der Waals surface area contributed by atoms with Crippen LogP contribution in [0.5, 0.6) is 0 Å². The van der Waals surface area contributed by atoms with Crippen molar-refractivity contribution in [1.29, 1.82) is 0 Å². The Hall–Kier alpha value is -3.16. The van der Waals surface area contributed by atoms with Crippen molar-refractivity contribution in [2.45, 2.75) is 52.4 Å². The number of halogens is 3. The van der Waals surface area contributed by atoms with Crippen LogP contribution in [-0.4, -0.2) is 21.5 Å². The smallest absolute Gasteiger partial charge is 0.352 e. The molecule has 0 unspecified atom stereocenters. The monoisotopic (exact) mass is 431 g/mol. The molecule has 0 saturated carbocycles. The zero-order valence-corrected chi connectivity index (χ0v) is 17.6. The molecule has 0 saturated heterocycles. The SMILES string of the molecule is Cc1cc2nc(C(F)(F)F)c(=O)n(CC(=O)N[C@H](C)CCc3ccccc3)c2cc1C. The lowest BCUT2D eigenvalue weighted by Crippen LogP contribution is -2.39. The molecule has 0 bridgehead atoms. The van der Waals surface area contributed by atoms with E-state index in [4.69, 9.17) is 0 Å². The number of carbonyl (C=O) groups excluding carboxylic acids is 1. The van der Waals surface area contributed by atoms with E-state index in [2.05, 4.69) is 10.3 Å². The van der Waals surface area contributed by atoms with Crippen molar-refractivity contribution in [3.05, 3.63) is 75.2 Å². The zero-order valence-electron chi connectivity index (χ0n) is 17.6. The fourth-order valence-electron chi connectivity index (χ4n) is 3.40. The summed E-state index contributed by atoms with van der Waals surface area (Å²) in [6, 6.07) is 12.6. The Bertz CT molecular complexity index is 1150. The van der Waals surface area contributed by atoms with Gasteiger partial charge in [0.1, 0.15) is 6.54 Å².